The van der Waals surface area contributed by atoms with Gasteiger partial charge in [0.1, 0.15) is 11.8 Å². The average Bonchev–Trinajstić information content (AvgIpc) is 2.86. The molecule has 1 N–H and O–H groups in total. The van der Waals surface area contributed by atoms with Crippen molar-refractivity contribution in [1.82, 2.24) is 4.98 Å². The van der Waals surface area contributed by atoms with Gasteiger partial charge in [0.2, 0.25) is 5.76 Å². The zero-order chi connectivity index (χ0) is 10.8. The molecular formula is C10H13NO4. The quantitative estimate of drug-likeness (QED) is 0.825. The number of carboxylic acids is 1. The molecule has 0 spiro atoms. The van der Waals surface area contributed by atoms with Crippen LogP contribution in [-0.2, 0) is 11.2 Å². The summed E-state index contributed by atoms with van der Waals surface area (Å²) in [7, 11) is 0. The normalized spacial score (nSPS) is 20.7. The summed E-state index contributed by atoms with van der Waals surface area (Å²) in [5, 5.41) is 8.95. The molecule has 0 aliphatic carbocycles. The van der Waals surface area contributed by atoms with Crippen LogP contribution in [0.15, 0.2) is 4.42 Å². The zero-order valence-electron chi connectivity index (χ0n) is 8.52. The molecule has 0 amide bonds. The van der Waals surface area contributed by atoms with Gasteiger partial charge in [0.05, 0.1) is 0 Å². The number of carboxylic acid groups (broad SMARTS) is 1. The van der Waals surface area contributed by atoms with Crippen molar-refractivity contribution in [2.45, 2.75) is 32.3 Å². The highest BCUT2D eigenvalue weighted by molar-refractivity contribution is 5.85. The smallest absolute Gasteiger partial charge is 0.373 e. The third-order valence-corrected chi connectivity index (χ3v) is 2.43. The molecule has 1 atom stereocenters. The molecule has 82 valence electrons. The van der Waals surface area contributed by atoms with E-state index in [0.717, 1.165) is 12.8 Å². The molecule has 5 heteroatoms. The van der Waals surface area contributed by atoms with Gasteiger partial charge in [0.15, 0.2) is 5.89 Å². The summed E-state index contributed by atoms with van der Waals surface area (Å²) in [4.78, 5) is 15.1. The van der Waals surface area contributed by atoms with Crippen molar-refractivity contribution >= 4 is 5.97 Å². The lowest BCUT2D eigenvalue weighted by molar-refractivity contribution is 0.0641. The lowest BCUT2D eigenvalue weighted by Crippen LogP contribution is -2.04. The highest BCUT2D eigenvalue weighted by atomic mass is 16.5. The number of oxazole rings is 1. The Balaban J connectivity index is 2.34. The Hall–Kier alpha value is -1.36. The molecule has 0 radical (unpaired) electrons. The van der Waals surface area contributed by atoms with Crippen LogP contribution in [0.3, 0.4) is 0 Å². The number of hydrogen-bond donors (Lipinski definition) is 1. The van der Waals surface area contributed by atoms with Gasteiger partial charge >= 0.3 is 5.97 Å². The van der Waals surface area contributed by atoms with Gasteiger partial charge in [-0.2, -0.15) is 0 Å². The Morgan fingerprint density at radius 1 is 1.67 bits per heavy atom. The maximum Gasteiger partial charge on any atom is 0.373 e. The summed E-state index contributed by atoms with van der Waals surface area (Å²) in [5.74, 6) is -0.690. The molecule has 1 saturated heterocycles. The fraction of sp³-hybridized carbons (Fsp3) is 0.600. The van der Waals surface area contributed by atoms with Gasteiger partial charge in [-0.15, -0.1) is 0 Å². The lowest BCUT2D eigenvalue weighted by Gasteiger charge is -2.04. The van der Waals surface area contributed by atoms with Crippen molar-refractivity contribution in [3.05, 3.63) is 17.3 Å². The zero-order valence-corrected chi connectivity index (χ0v) is 8.52. The van der Waals surface area contributed by atoms with E-state index >= 15 is 0 Å². The summed E-state index contributed by atoms with van der Waals surface area (Å²) in [6.07, 6.45) is 2.14. The van der Waals surface area contributed by atoms with Crippen LogP contribution in [-0.4, -0.2) is 22.7 Å². The number of hydrogen-bond acceptors (Lipinski definition) is 4. The molecule has 0 aromatic carbocycles. The maximum absolute atomic E-state index is 10.9. The average molecular weight is 211 g/mol. The molecule has 1 aromatic rings. The van der Waals surface area contributed by atoms with Gasteiger partial charge in [-0.3, -0.25) is 0 Å². The van der Waals surface area contributed by atoms with Crippen LogP contribution in [0.2, 0.25) is 0 Å². The van der Waals surface area contributed by atoms with Crippen LogP contribution in [0.5, 0.6) is 0 Å². The SMILES string of the molecule is CCc1nc(C2CCCO2)c(C(=O)O)o1. The van der Waals surface area contributed by atoms with Gasteiger partial charge < -0.3 is 14.3 Å². The lowest BCUT2D eigenvalue weighted by atomic mass is 10.1. The first kappa shape index (κ1) is 10.2. The first-order chi connectivity index (χ1) is 7.22. The molecule has 0 bridgehead atoms. The third kappa shape index (κ3) is 1.87. The Bertz CT molecular complexity index is 365. The molecular weight excluding hydrogens is 198 g/mol. The largest absolute Gasteiger partial charge is 0.475 e. The molecule has 1 fully saturated rings. The predicted molar refractivity (Wildman–Crippen MR) is 50.8 cm³/mol. The van der Waals surface area contributed by atoms with E-state index in [1.54, 1.807) is 0 Å². The fourth-order valence-electron chi connectivity index (χ4n) is 1.69. The van der Waals surface area contributed by atoms with E-state index in [1.165, 1.54) is 0 Å². The Labute approximate surface area is 87.1 Å². The van der Waals surface area contributed by atoms with Gasteiger partial charge in [-0.05, 0) is 12.8 Å². The Morgan fingerprint density at radius 3 is 3.00 bits per heavy atom. The van der Waals surface area contributed by atoms with Crippen LogP contribution in [0, 0.1) is 0 Å². The summed E-state index contributed by atoms with van der Waals surface area (Å²) in [6.45, 7) is 2.54. The molecule has 1 aromatic heterocycles. The third-order valence-electron chi connectivity index (χ3n) is 2.43. The van der Waals surface area contributed by atoms with Crippen LogP contribution in [0.4, 0.5) is 0 Å². The molecule has 15 heavy (non-hydrogen) atoms. The number of ether oxygens (including phenoxy) is 1. The van der Waals surface area contributed by atoms with E-state index in [9.17, 15) is 4.79 Å². The fourth-order valence-corrected chi connectivity index (χ4v) is 1.69. The Morgan fingerprint density at radius 2 is 2.47 bits per heavy atom. The van der Waals surface area contributed by atoms with E-state index < -0.39 is 5.97 Å². The standard InChI is InChI=1S/C10H13NO4/c1-2-7-11-8(6-4-3-5-14-6)9(15-7)10(12)13/h6H,2-5H2,1H3,(H,12,13). The molecule has 2 rings (SSSR count). The first-order valence-corrected chi connectivity index (χ1v) is 5.07. The molecule has 2 heterocycles. The molecule has 5 nitrogen and oxygen atoms in total. The minimum atomic E-state index is -1.08. The summed E-state index contributed by atoms with van der Waals surface area (Å²) < 4.78 is 10.5. The second kappa shape index (κ2) is 4.02. The molecule has 1 unspecified atom stereocenters. The second-order valence-electron chi connectivity index (χ2n) is 3.48. The van der Waals surface area contributed by atoms with E-state index in [2.05, 4.69) is 4.98 Å². The van der Waals surface area contributed by atoms with E-state index in [-0.39, 0.29) is 11.9 Å². The number of aromatic carboxylic acids is 1. The number of rotatable bonds is 3. The van der Waals surface area contributed by atoms with Crippen LogP contribution >= 0.6 is 0 Å². The number of carbonyl (C=O) groups is 1. The van der Waals surface area contributed by atoms with Crippen molar-refractivity contribution in [2.75, 3.05) is 6.61 Å². The molecule has 1 aliphatic heterocycles. The van der Waals surface area contributed by atoms with Crippen molar-refractivity contribution in [3.8, 4) is 0 Å². The number of nitrogens with zero attached hydrogens (tertiary/aromatic N) is 1. The van der Waals surface area contributed by atoms with E-state index in [4.69, 9.17) is 14.3 Å². The topological polar surface area (TPSA) is 72.6 Å². The van der Waals surface area contributed by atoms with E-state index in [1.807, 2.05) is 6.92 Å². The summed E-state index contributed by atoms with van der Waals surface area (Å²) in [6, 6.07) is 0. The molecule has 0 saturated carbocycles. The monoisotopic (exact) mass is 211 g/mol. The molecule has 1 aliphatic rings. The van der Waals surface area contributed by atoms with Crippen LogP contribution in [0.1, 0.15) is 48.0 Å². The summed E-state index contributed by atoms with van der Waals surface area (Å²) >= 11 is 0. The first-order valence-electron chi connectivity index (χ1n) is 5.07. The van der Waals surface area contributed by atoms with Gasteiger partial charge in [-0.1, -0.05) is 6.92 Å². The Kier molecular flexibility index (Phi) is 2.73. The highest BCUT2D eigenvalue weighted by Crippen LogP contribution is 2.30. The van der Waals surface area contributed by atoms with Gasteiger partial charge in [0, 0.05) is 13.0 Å². The summed E-state index contributed by atoms with van der Waals surface area (Å²) in [5.41, 5.74) is 0.442. The number of aromatic nitrogens is 1. The minimum absolute atomic E-state index is 0.0706. The van der Waals surface area contributed by atoms with Gasteiger partial charge in [-0.25, -0.2) is 9.78 Å². The highest BCUT2D eigenvalue weighted by Gasteiger charge is 2.28. The van der Waals surface area contributed by atoms with Crippen molar-refractivity contribution in [2.24, 2.45) is 0 Å². The maximum atomic E-state index is 10.9. The van der Waals surface area contributed by atoms with Crippen LogP contribution in [0.25, 0.3) is 0 Å². The van der Waals surface area contributed by atoms with Crippen molar-refractivity contribution < 1.29 is 19.1 Å². The van der Waals surface area contributed by atoms with Crippen molar-refractivity contribution in [1.29, 1.82) is 0 Å². The van der Waals surface area contributed by atoms with Gasteiger partial charge in [0.25, 0.3) is 0 Å². The van der Waals surface area contributed by atoms with Crippen molar-refractivity contribution in [3.63, 3.8) is 0 Å². The second-order valence-corrected chi connectivity index (χ2v) is 3.48. The van der Waals surface area contributed by atoms with E-state index in [0.29, 0.717) is 24.6 Å². The number of aryl methyl sites for hydroxylation is 1. The predicted octanol–water partition coefficient (Wildman–Crippen LogP) is 1.79. The minimum Gasteiger partial charge on any atom is -0.475 e. The van der Waals surface area contributed by atoms with Crippen LogP contribution < -0.4 is 0 Å².